The maximum absolute atomic E-state index is 12.3. The predicted molar refractivity (Wildman–Crippen MR) is 94.8 cm³/mol. The number of hydrogen-bond acceptors (Lipinski definition) is 5. The van der Waals surface area contributed by atoms with Crippen molar-refractivity contribution in [1.82, 2.24) is 24.9 Å². The van der Waals surface area contributed by atoms with Crippen LogP contribution in [0.1, 0.15) is 28.2 Å². The molecule has 7 nitrogen and oxygen atoms in total. The molecule has 0 aliphatic carbocycles. The molecule has 4 rings (SSSR count). The van der Waals surface area contributed by atoms with E-state index >= 15 is 0 Å². The smallest absolute Gasteiger partial charge is 0.270 e. The summed E-state index contributed by atoms with van der Waals surface area (Å²) >= 11 is 0. The van der Waals surface area contributed by atoms with Gasteiger partial charge >= 0.3 is 0 Å². The van der Waals surface area contributed by atoms with Gasteiger partial charge in [0, 0.05) is 25.3 Å². The first kappa shape index (κ1) is 15.6. The molecule has 0 aromatic carbocycles. The first-order chi connectivity index (χ1) is 12.1. The van der Waals surface area contributed by atoms with E-state index in [-0.39, 0.29) is 11.9 Å². The normalized spacial score (nSPS) is 17.2. The minimum absolute atomic E-state index is 0.0944. The Kier molecular flexibility index (Phi) is 3.83. The van der Waals surface area contributed by atoms with Crippen LogP contribution in [0.4, 0.5) is 5.82 Å². The molecule has 3 aromatic heterocycles. The number of nitrogens with one attached hydrogen (secondary N) is 1. The molecular formula is C18H20N6O. The van der Waals surface area contributed by atoms with E-state index in [4.69, 9.17) is 0 Å². The Morgan fingerprint density at radius 1 is 1.16 bits per heavy atom. The van der Waals surface area contributed by atoms with E-state index in [0.717, 1.165) is 42.2 Å². The number of fused-ring (bicyclic) bond motifs is 1. The minimum atomic E-state index is -0.124. The van der Waals surface area contributed by atoms with Crippen LogP contribution in [-0.2, 0) is 0 Å². The molecule has 0 radical (unpaired) electrons. The Balaban J connectivity index is 1.44. The molecular weight excluding hydrogens is 316 g/mol. The maximum Gasteiger partial charge on any atom is 0.270 e. The van der Waals surface area contributed by atoms with Crippen molar-refractivity contribution in [3.63, 3.8) is 0 Å². The minimum Gasteiger partial charge on any atom is -0.353 e. The number of hydrogen-bond donors (Lipinski definition) is 1. The van der Waals surface area contributed by atoms with Gasteiger partial charge in [-0.05, 0) is 44.0 Å². The number of aromatic nitrogens is 4. The predicted octanol–water partition coefficient (Wildman–Crippen LogP) is 1.75. The fourth-order valence-corrected chi connectivity index (χ4v) is 3.09. The summed E-state index contributed by atoms with van der Waals surface area (Å²) in [6, 6.07) is 7.70. The summed E-state index contributed by atoms with van der Waals surface area (Å²) in [5, 5.41) is 7.72. The van der Waals surface area contributed by atoms with Crippen LogP contribution in [-0.4, -0.2) is 44.6 Å². The van der Waals surface area contributed by atoms with Crippen LogP contribution >= 0.6 is 0 Å². The van der Waals surface area contributed by atoms with Crippen LogP contribution in [0.25, 0.3) is 5.65 Å². The lowest BCUT2D eigenvalue weighted by molar-refractivity contribution is 0.0935. The van der Waals surface area contributed by atoms with Gasteiger partial charge in [-0.1, -0.05) is 6.07 Å². The topological polar surface area (TPSA) is 75.4 Å². The Morgan fingerprint density at radius 2 is 2.04 bits per heavy atom. The Labute approximate surface area is 145 Å². The first-order valence-corrected chi connectivity index (χ1v) is 8.40. The third-order valence-corrected chi connectivity index (χ3v) is 4.51. The van der Waals surface area contributed by atoms with Gasteiger partial charge in [-0.3, -0.25) is 9.78 Å². The van der Waals surface area contributed by atoms with Crippen LogP contribution in [0.3, 0.4) is 0 Å². The molecule has 1 aliphatic rings. The molecule has 128 valence electrons. The Bertz CT molecular complexity index is 917. The van der Waals surface area contributed by atoms with Gasteiger partial charge in [0.05, 0.1) is 11.9 Å². The fourth-order valence-electron chi connectivity index (χ4n) is 3.09. The highest BCUT2D eigenvalue weighted by molar-refractivity contribution is 5.92. The molecule has 0 bridgehead atoms. The number of imidazole rings is 1. The molecule has 1 amide bonds. The van der Waals surface area contributed by atoms with Crippen molar-refractivity contribution in [3.8, 4) is 0 Å². The van der Waals surface area contributed by atoms with E-state index in [1.807, 2.05) is 42.8 Å². The fraction of sp³-hybridized carbons (Fsp3) is 0.333. The highest BCUT2D eigenvalue weighted by Crippen LogP contribution is 2.19. The molecule has 1 saturated heterocycles. The summed E-state index contributed by atoms with van der Waals surface area (Å²) in [5.41, 5.74) is 3.35. The molecule has 0 unspecified atom stereocenters. The zero-order valence-corrected chi connectivity index (χ0v) is 14.3. The van der Waals surface area contributed by atoms with Crippen LogP contribution in [0.2, 0.25) is 0 Å². The van der Waals surface area contributed by atoms with Crippen LogP contribution in [0.15, 0.2) is 36.7 Å². The summed E-state index contributed by atoms with van der Waals surface area (Å²) in [7, 11) is 0. The lowest BCUT2D eigenvalue weighted by atomic mass is 10.2. The van der Waals surface area contributed by atoms with Crippen LogP contribution in [0.5, 0.6) is 0 Å². The van der Waals surface area contributed by atoms with Crippen molar-refractivity contribution < 1.29 is 4.79 Å². The molecule has 1 N–H and O–H groups in total. The van der Waals surface area contributed by atoms with Crippen LogP contribution < -0.4 is 10.2 Å². The molecule has 4 heterocycles. The summed E-state index contributed by atoms with van der Waals surface area (Å²) in [5.74, 6) is 0.777. The third kappa shape index (κ3) is 3.05. The second-order valence-corrected chi connectivity index (χ2v) is 6.49. The van der Waals surface area contributed by atoms with E-state index in [9.17, 15) is 4.79 Å². The zero-order valence-electron chi connectivity index (χ0n) is 14.3. The summed E-state index contributed by atoms with van der Waals surface area (Å²) < 4.78 is 1.84. The van der Waals surface area contributed by atoms with Crippen molar-refractivity contribution in [2.24, 2.45) is 0 Å². The SMILES string of the molecule is Cc1ccc(C(=O)N[C@H]2CCN(c3ccc4ncc(C)n4n3)C2)nc1. The molecule has 1 fully saturated rings. The van der Waals surface area contributed by atoms with Crippen LogP contribution in [0, 0.1) is 13.8 Å². The van der Waals surface area contributed by atoms with Crippen molar-refractivity contribution in [2.75, 3.05) is 18.0 Å². The van der Waals surface area contributed by atoms with E-state index in [1.54, 1.807) is 12.3 Å². The lowest BCUT2D eigenvalue weighted by Gasteiger charge is -2.18. The number of amides is 1. The summed E-state index contributed by atoms with van der Waals surface area (Å²) in [6.45, 7) is 5.54. The van der Waals surface area contributed by atoms with Crippen molar-refractivity contribution >= 4 is 17.4 Å². The average molecular weight is 336 g/mol. The molecule has 0 saturated carbocycles. The van der Waals surface area contributed by atoms with Crippen molar-refractivity contribution in [1.29, 1.82) is 0 Å². The largest absolute Gasteiger partial charge is 0.353 e. The van der Waals surface area contributed by atoms with Gasteiger partial charge in [0.1, 0.15) is 11.5 Å². The molecule has 3 aromatic rings. The standard InChI is InChI=1S/C18H20N6O/c1-12-3-4-15(19-9-12)18(25)21-14-7-8-23(11-14)17-6-5-16-20-10-13(2)24(16)22-17/h3-6,9-10,14H,7-8,11H2,1-2H3,(H,21,25)/t14-/m0/s1. The number of carbonyl (C=O) groups is 1. The van der Waals surface area contributed by atoms with Gasteiger partial charge in [0.25, 0.3) is 5.91 Å². The maximum atomic E-state index is 12.3. The molecule has 0 spiro atoms. The van der Waals surface area contributed by atoms with E-state index < -0.39 is 0 Å². The summed E-state index contributed by atoms with van der Waals surface area (Å²) in [4.78, 5) is 23.0. The van der Waals surface area contributed by atoms with E-state index in [1.165, 1.54) is 0 Å². The zero-order chi connectivity index (χ0) is 17.4. The number of anilines is 1. The first-order valence-electron chi connectivity index (χ1n) is 8.40. The second-order valence-electron chi connectivity index (χ2n) is 6.49. The molecule has 1 aliphatic heterocycles. The monoisotopic (exact) mass is 336 g/mol. The van der Waals surface area contributed by atoms with Crippen molar-refractivity contribution in [2.45, 2.75) is 26.3 Å². The Morgan fingerprint density at radius 3 is 2.84 bits per heavy atom. The summed E-state index contributed by atoms with van der Waals surface area (Å²) in [6.07, 6.45) is 4.41. The Hall–Kier alpha value is -2.96. The van der Waals surface area contributed by atoms with E-state index in [0.29, 0.717) is 5.69 Å². The molecule has 25 heavy (non-hydrogen) atoms. The molecule has 1 atom stereocenters. The highest BCUT2D eigenvalue weighted by atomic mass is 16.1. The highest BCUT2D eigenvalue weighted by Gasteiger charge is 2.25. The van der Waals surface area contributed by atoms with Gasteiger partial charge in [-0.25, -0.2) is 9.50 Å². The lowest BCUT2D eigenvalue weighted by Crippen LogP contribution is -2.37. The van der Waals surface area contributed by atoms with Gasteiger partial charge in [0.2, 0.25) is 0 Å². The average Bonchev–Trinajstić information content (AvgIpc) is 3.22. The van der Waals surface area contributed by atoms with Gasteiger partial charge in [-0.15, -0.1) is 5.10 Å². The number of rotatable bonds is 3. The van der Waals surface area contributed by atoms with E-state index in [2.05, 4.69) is 25.3 Å². The molecule has 7 heteroatoms. The van der Waals surface area contributed by atoms with Gasteiger partial charge in [0.15, 0.2) is 5.65 Å². The van der Waals surface area contributed by atoms with Crippen molar-refractivity contribution in [3.05, 3.63) is 53.6 Å². The van der Waals surface area contributed by atoms with Gasteiger partial charge < -0.3 is 10.2 Å². The quantitative estimate of drug-likeness (QED) is 0.789. The second kappa shape index (κ2) is 6.16. The number of aryl methyl sites for hydroxylation is 2. The third-order valence-electron chi connectivity index (χ3n) is 4.51. The number of pyridine rings is 1. The van der Waals surface area contributed by atoms with Gasteiger partial charge in [-0.2, -0.15) is 0 Å². The number of carbonyl (C=O) groups excluding carboxylic acids is 1. The number of nitrogens with zero attached hydrogens (tertiary/aromatic N) is 5.